The summed E-state index contributed by atoms with van der Waals surface area (Å²) in [5.74, 6) is -0.479. The Balaban J connectivity index is 2.17. The largest absolute Gasteiger partial charge is 0.497 e. The minimum atomic E-state index is -0.706. The maximum absolute atomic E-state index is 12.1. The van der Waals surface area contributed by atoms with Gasteiger partial charge in [0.05, 0.1) is 13.7 Å². The predicted molar refractivity (Wildman–Crippen MR) is 108 cm³/mol. The van der Waals surface area contributed by atoms with E-state index in [1.54, 1.807) is 25.8 Å². The highest BCUT2D eigenvalue weighted by Gasteiger charge is 2.26. The van der Waals surface area contributed by atoms with E-state index >= 15 is 0 Å². The second-order valence-electron chi connectivity index (χ2n) is 6.19. The first kappa shape index (κ1) is 21.0. The molecule has 0 aromatic heterocycles. The Morgan fingerprint density at radius 1 is 1.00 bits per heavy atom. The molecule has 2 rings (SSSR count). The van der Waals surface area contributed by atoms with Gasteiger partial charge in [-0.3, -0.25) is 9.59 Å². The first-order chi connectivity index (χ1) is 13.0. The Morgan fingerprint density at radius 3 is 2.22 bits per heavy atom. The minimum absolute atomic E-state index is 0.120. The zero-order valence-corrected chi connectivity index (χ0v) is 16.8. The van der Waals surface area contributed by atoms with E-state index < -0.39 is 11.9 Å². The molecule has 2 atom stereocenters. The number of hydrogen-bond donors (Lipinski definition) is 0. The summed E-state index contributed by atoms with van der Waals surface area (Å²) in [5, 5.41) is 0.120. The minimum Gasteiger partial charge on any atom is -0.497 e. The maximum atomic E-state index is 12.1. The standard InChI is InChI=1S/C22H26O4S/c1-4-26-22(24)20(16(2)23)14-15-21(27-19-8-6-5-7-9-19)17-10-12-18(25-3)13-11-17/h5-13,20-21H,4,14-15H2,1-3H3. The van der Waals surface area contributed by atoms with Crippen molar-refractivity contribution in [1.29, 1.82) is 0 Å². The molecule has 2 unspecified atom stereocenters. The lowest BCUT2D eigenvalue weighted by Crippen LogP contribution is -2.24. The van der Waals surface area contributed by atoms with Crippen molar-refractivity contribution < 1.29 is 19.1 Å². The highest BCUT2D eigenvalue weighted by Crippen LogP contribution is 2.40. The molecule has 0 bridgehead atoms. The van der Waals surface area contributed by atoms with Gasteiger partial charge in [-0.25, -0.2) is 0 Å². The summed E-state index contributed by atoms with van der Waals surface area (Å²) in [6.07, 6.45) is 1.15. The van der Waals surface area contributed by atoms with Crippen LogP contribution in [-0.4, -0.2) is 25.5 Å². The number of benzene rings is 2. The van der Waals surface area contributed by atoms with Gasteiger partial charge in [0.2, 0.25) is 0 Å². The molecule has 0 radical (unpaired) electrons. The molecule has 4 nitrogen and oxygen atoms in total. The fourth-order valence-corrected chi connectivity index (χ4v) is 4.01. The van der Waals surface area contributed by atoms with Crippen LogP contribution in [-0.2, 0) is 14.3 Å². The van der Waals surface area contributed by atoms with Crippen molar-refractivity contribution in [1.82, 2.24) is 0 Å². The van der Waals surface area contributed by atoms with Crippen molar-refractivity contribution >= 4 is 23.5 Å². The monoisotopic (exact) mass is 386 g/mol. The average Bonchev–Trinajstić information content (AvgIpc) is 2.68. The van der Waals surface area contributed by atoms with Crippen LogP contribution in [0.25, 0.3) is 0 Å². The van der Waals surface area contributed by atoms with Crippen LogP contribution >= 0.6 is 11.8 Å². The van der Waals surface area contributed by atoms with E-state index in [0.717, 1.165) is 16.2 Å². The molecular formula is C22H26O4S. The smallest absolute Gasteiger partial charge is 0.316 e. The quantitative estimate of drug-likeness (QED) is 0.324. The molecule has 0 aliphatic heterocycles. The van der Waals surface area contributed by atoms with E-state index in [4.69, 9.17) is 9.47 Å². The molecule has 0 N–H and O–H groups in total. The van der Waals surface area contributed by atoms with E-state index in [9.17, 15) is 9.59 Å². The SMILES string of the molecule is CCOC(=O)C(CCC(Sc1ccccc1)c1ccc(OC)cc1)C(C)=O. The zero-order chi connectivity index (χ0) is 19.6. The third-order valence-electron chi connectivity index (χ3n) is 4.29. The summed E-state index contributed by atoms with van der Waals surface area (Å²) in [4.78, 5) is 25.2. The van der Waals surface area contributed by atoms with Crippen molar-refractivity contribution in [2.45, 2.75) is 36.8 Å². The van der Waals surface area contributed by atoms with Crippen molar-refractivity contribution in [3.63, 3.8) is 0 Å². The Bertz CT molecular complexity index is 728. The van der Waals surface area contributed by atoms with E-state index in [1.807, 2.05) is 42.5 Å². The molecule has 0 spiro atoms. The highest BCUT2D eigenvalue weighted by molar-refractivity contribution is 7.99. The third-order valence-corrected chi connectivity index (χ3v) is 5.63. The lowest BCUT2D eigenvalue weighted by molar-refractivity contribution is -0.151. The second kappa shape index (κ2) is 10.8. The normalized spacial score (nSPS) is 12.9. The van der Waals surface area contributed by atoms with Crippen LogP contribution in [0.3, 0.4) is 0 Å². The van der Waals surface area contributed by atoms with Crippen molar-refractivity contribution in [2.75, 3.05) is 13.7 Å². The van der Waals surface area contributed by atoms with Crippen molar-refractivity contribution in [3.05, 3.63) is 60.2 Å². The van der Waals surface area contributed by atoms with Gasteiger partial charge in [-0.05, 0) is 56.5 Å². The summed E-state index contributed by atoms with van der Waals surface area (Å²) >= 11 is 1.73. The third kappa shape index (κ3) is 6.43. The molecule has 5 heteroatoms. The van der Waals surface area contributed by atoms with E-state index in [-0.39, 0.29) is 17.6 Å². The molecule has 2 aromatic rings. The van der Waals surface area contributed by atoms with Crippen LogP contribution in [0.15, 0.2) is 59.5 Å². The Morgan fingerprint density at radius 2 is 1.67 bits per heavy atom. The van der Waals surface area contributed by atoms with Crippen molar-refractivity contribution in [3.8, 4) is 5.75 Å². The Labute approximate surface area is 165 Å². The first-order valence-electron chi connectivity index (χ1n) is 9.07. The molecule has 0 saturated carbocycles. The van der Waals surface area contributed by atoms with Gasteiger partial charge in [0, 0.05) is 10.1 Å². The number of ketones is 1. The number of carbonyl (C=O) groups excluding carboxylic acids is 2. The summed E-state index contributed by atoms with van der Waals surface area (Å²) in [6.45, 7) is 3.48. The maximum Gasteiger partial charge on any atom is 0.316 e. The van der Waals surface area contributed by atoms with Crippen LogP contribution in [0, 0.1) is 5.92 Å². The topological polar surface area (TPSA) is 52.6 Å². The summed E-state index contributed by atoms with van der Waals surface area (Å²) < 4.78 is 10.3. The molecular weight excluding hydrogens is 360 g/mol. The highest BCUT2D eigenvalue weighted by atomic mass is 32.2. The van der Waals surface area contributed by atoms with Crippen LogP contribution in [0.4, 0.5) is 0 Å². The van der Waals surface area contributed by atoms with Crippen LogP contribution < -0.4 is 4.74 Å². The number of carbonyl (C=O) groups is 2. The van der Waals surface area contributed by atoms with Crippen LogP contribution in [0.2, 0.25) is 0 Å². The predicted octanol–water partition coefficient (Wildman–Crippen LogP) is 5.08. The fraction of sp³-hybridized carbons (Fsp3) is 0.364. The van der Waals surface area contributed by atoms with E-state index in [0.29, 0.717) is 12.8 Å². The number of hydrogen-bond acceptors (Lipinski definition) is 5. The number of methoxy groups -OCH3 is 1. The van der Waals surface area contributed by atoms with Gasteiger partial charge in [0.25, 0.3) is 0 Å². The van der Waals surface area contributed by atoms with E-state index in [2.05, 4.69) is 12.1 Å². The second-order valence-corrected chi connectivity index (χ2v) is 7.46. The van der Waals surface area contributed by atoms with Crippen LogP contribution in [0.5, 0.6) is 5.75 Å². The number of esters is 1. The molecule has 0 amide bonds. The molecule has 0 aliphatic carbocycles. The molecule has 144 valence electrons. The van der Waals surface area contributed by atoms with Gasteiger partial charge in [-0.15, -0.1) is 11.8 Å². The van der Waals surface area contributed by atoms with E-state index in [1.165, 1.54) is 6.92 Å². The zero-order valence-electron chi connectivity index (χ0n) is 16.0. The molecule has 2 aromatic carbocycles. The Hall–Kier alpha value is -2.27. The molecule has 0 fully saturated rings. The molecule has 0 saturated heterocycles. The van der Waals surface area contributed by atoms with Gasteiger partial charge < -0.3 is 9.47 Å². The first-order valence-corrected chi connectivity index (χ1v) is 9.95. The number of rotatable bonds is 10. The lowest BCUT2D eigenvalue weighted by atomic mass is 9.96. The van der Waals surface area contributed by atoms with Gasteiger partial charge in [0.1, 0.15) is 17.5 Å². The van der Waals surface area contributed by atoms with Gasteiger partial charge in [0.15, 0.2) is 0 Å². The number of thioether (sulfide) groups is 1. The molecule has 0 aliphatic rings. The number of Topliss-reactive ketones (excluding diaryl/α,β-unsaturated/α-hetero) is 1. The Kier molecular flexibility index (Phi) is 8.40. The molecule has 0 heterocycles. The average molecular weight is 387 g/mol. The van der Waals surface area contributed by atoms with Gasteiger partial charge in [-0.1, -0.05) is 30.3 Å². The summed E-state index contributed by atoms with van der Waals surface area (Å²) in [5.41, 5.74) is 1.14. The fourth-order valence-electron chi connectivity index (χ4n) is 2.82. The van der Waals surface area contributed by atoms with Crippen molar-refractivity contribution in [2.24, 2.45) is 5.92 Å². The van der Waals surface area contributed by atoms with Gasteiger partial charge in [-0.2, -0.15) is 0 Å². The summed E-state index contributed by atoms with van der Waals surface area (Å²) in [6, 6.07) is 18.1. The lowest BCUT2D eigenvalue weighted by Gasteiger charge is -2.20. The van der Waals surface area contributed by atoms with Gasteiger partial charge >= 0.3 is 5.97 Å². The number of ether oxygens (including phenoxy) is 2. The summed E-state index contributed by atoms with van der Waals surface area (Å²) in [7, 11) is 1.64. The van der Waals surface area contributed by atoms with Crippen LogP contribution in [0.1, 0.15) is 37.5 Å². The molecule has 27 heavy (non-hydrogen) atoms.